The summed E-state index contributed by atoms with van der Waals surface area (Å²) >= 11 is 0. The van der Waals surface area contributed by atoms with Gasteiger partial charge in [-0.2, -0.15) is 8.42 Å². The maximum Gasteiger partial charge on any atom is 2.00 e. The van der Waals surface area contributed by atoms with Crippen molar-refractivity contribution in [2.45, 2.75) is 0 Å². The first-order valence-electron chi connectivity index (χ1n) is 0.698. The van der Waals surface area contributed by atoms with E-state index in [0.29, 0.717) is 0 Å². The number of hydrogen-bond donors (Lipinski definition) is 2. The molecule has 7 heavy (non-hydrogen) atoms. The van der Waals surface area contributed by atoms with Crippen LogP contribution in [0.2, 0.25) is 0 Å². The molecule has 0 rings (SSSR count). The minimum absolute atomic E-state index is 0. The second-order valence-corrected chi connectivity index (χ2v) is 1.34. The zero-order valence-corrected chi connectivity index (χ0v) is 9.18. The van der Waals surface area contributed by atoms with Gasteiger partial charge in [-0.05, 0) is 0 Å². The normalized spacial score (nSPS) is 8.29. The summed E-state index contributed by atoms with van der Waals surface area (Å²) < 4.78 is 31.6. The van der Waals surface area contributed by atoms with E-state index in [1.165, 1.54) is 0 Å². The van der Waals surface area contributed by atoms with Crippen LogP contribution in [-0.4, -0.2) is 40.6 Å². The van der Waals surface area contributed by atoms with Crippen LogP contribution in [0.1, 0.15) is 0 Å². The third kappa shape index (κ3) is 63.0. The van der Waals surface area contributed by atoms with E-state index in [2.05, 4.69) is 0 Å². The topological polar surface area (TPSA) is 74.6 Å². The van der Waals surface area contributed by atoms with Crippen LogP contribution >= 0.6 is 0 Å². The van der Waals surface area contributed by atoms with E-state index in [4.69, 9.17) is 17.5 Å². The van der Waals surface area contributed by atoms with Crippen molar-refractivity contribution in [2.24, 2.45) is 0 Å². The first kappa shape index (κ1) is 16.1. The summed E-state index contributed by atoms with van der Waals surface area (Å²) in [4.78, 5) is 0. The molecular formula is H2KMgO4S+3. The number of hydrogen-bond acceptors (Lipinski definition) is 2. The van der Waals surface area contributed by atoms with Gasteiger partial charge in [-0.1, -0.05) is 0 Å². The predicted octanol–water partition coefficient (Wildman–Crippen LogP) is -4.03. The van der Waals surface area contributed by atoms with Crippen LogP contribution in [0.5, 0.6) is 0 Å². The van der Waals surface area contributed by atoms with E-state index in [9.17, 15) is 0 Å². The van der Waals surface area contributed by atoms with Crippen molar-refractivity contribution in [3.63, 3.8) is 0 Å². The number of rotatable bonds is 0. The molecule has 0 saturated heterocycles. The molecule has 0 atom stereocenters. The summed E-state index contributed by atoms with van der Waals surface area (Å²) in [5, 5.41) is 0. The molecule has 0 aliphatic heterocycles. The smallest absolute Gasteiger partial charge is 0.264 e. The quantitative estimate of drug-likeness (QED) is 0.280. The van der Waals surface area contributed by atoms with E-state index in [0.717, 1.165) is 0 Å². The van der Waals surface area contributed by atoms with Crippen LogP contribution in [0.4, 0.5) is 0 Å². The van der Waals surface area contributed by atoms with Gasteiger partial charge >= 0.3 is 84.8 Å². The van der Waals surface area contributed by atoms with Gasteiger partial charge in [0.15, 0.2) is 0 Å². The van der Waals surface area contributed by atoms with Crippen LogP contribution in [0.15, 0.2) is 0 Å². The molecule has 0 aromatic rings. The van der Waals surface area contributed by atoms with Crippen molar-refractivity contribution < 1.29 is 68.9 Å². The van der Waals surface area contributed by atoms with Gasteiger partial charge in [0, 0.05) is 0 Å². The van der Waals surface area contributed by atoms with Crippen molar-refractivity contribution in [3.05, 3.63) is 0 Å². The summed E-state index contributed by atoms with van der Waals surface area (Å²) in [7, 11) is -4.67. The van der Waals surface area contributed by atoms with Gasteiger partial charge in [-0.15, -0.1) is 0 Å². The van der Waals surface area contributed by atoms with Gasteiger partial charge in [-0.25, -0.2) is 0 Å². The second-order valence-electron chi connectivity index (χ2n) is 0.448. The fourth-order valence-corrected chi connectivity index (χ4v) is 0. The van der Waals surface area contributed by atoms with Gasteiger partial charge in [0.05, 0.1) is 0 Å². The third-order valence-corrected chi connectivity index (χ3v) is 0. The summed E-state index contributed by atoms with van der Waals surface area (Å²) in [5.41, 5.74) is 0. The average Bonchev–Trinajstić information content (AvgIpc) is 0.722. The summed E-state index contributed by atoms with van der Waals surface area (Å²) in [6.07, 6.45) is 0. The molecule has 0 radical (unpaired) electrons. The Morgan fingerprint density at radius 3 is 1.14 bits per heavy atom. The minimum Gasteiger partial charge on any atom is -0.264 e. The monoisotopic (exact) mass is 161 g/mol. The molecule has 0 amide bonds. The Labute approximate surface area is 100 Å². The summed E-state index contributed by atoms with van der Waals surface area (Å²) in [6.45, 7) is 0. The predicted molar refractivity (Wildman–Crippen MR) is 19.9 cm³/mol. The molecule has 0 saturated carbocycles. The summed E-state index contributed by atoms with van der Waals surface area (Å²) in [5.74, 6) is 0. The molecule has 0 aromatic carbocycles. The van der Waals surface area contributed by atoms with Gasteiger partial charge in [-0.3, -0.25) is 9.11 Å². The van der Waals surface area contributed by atoms with E-state index in [1.54, 1.807) is 0 Å². The summed E-state index contributed by atoms with van der Waals surface area (Å²) in [6, 6.07) is 0. The molecule has 32 valence electrons. The van der Waals surface area contributed by atoms with Gasteiger partial charge in [0.2, 0.25) is 0 Å². The fraction of sp³-hybridized carbons (Fsp3) is 0. The van der Waals surface area contributed by atoms with Crippen molar-refractivity contribution in [3.8, 4) is 0 Å². The third-order valence-electron chi connectivity index (χ3n) is 0. The first-order chi connectivity index (χ1) is 2.00. The van der Waals surface area contributed by atoms with Crippen LogP contribution in [-0.2, 0) is 10.4 Å². The molecule has 7 heteroatoms. The second kappa shape index (κ2) is 6.39. The Bertz CT molecular complexity index is 94.9. The zero-order chi connectivity index (χ0) is 4.50. The Morgan fingerprint density at radius 1 is 1.14 bits per heavy atom. The van der Waals surface area contributed by atoms with Gasteiger partial charge in [0.1, 0.15) is 0 Å². The van der Waals surface area contributed by atoms with Crippen molar-refractivity contribution >= 4 is 33.5 Å². The van der Waals surface area contributed by atoms with Crippen molar-refractivity contribution in [1.82, 2.24) is 0 Å². The zero-order valence-electron chi connectivity index (χ0n) is 3.83. The molecule has 0 aliphatic rings. The van der Waals surface area contributed by atoms with Crippen LogP contribution < -0.4 is 51.4 Å². The van der Waals surface area contributed by atoms with Gasteiger partial charge in [0.25, 0.3) is 0 Å². The molecule has 0 unspecified atom stereocenters. The molecule has 4 nitrogen and oxygen atoms in total. The molecule has 0 aliphatic carbocycles. The minimum atomic E-state index is -4.67. The van der Waals surface area contributed by atoms with E-state index in [1.807, 2.05) is 0 Å². The Morgan fingerprint density at radius 2 is 1.14 bits per heavy atom. The SMILES string of the molecule is O=S(=O)(O)O.[K+].[Mg+2]. The van der Waals surface area contributed by atoms with E-state index in [-0.39, 0.29) is 74.4 Å². The fourth-order valence-electron chi connectivity index (χ4n) is 0. The van der Waals surface area contributed by atoms with Crippen molar-refractivity contribution in [2.75, 3.05) is 0 Å². The molecule has 0 fully saturated rings. The van der Waals surface area contributed by atoms with E-state index < -0.39 is 10.4 Å². The molecular weight excluding hydrogens is 159 g/mol. The van der Waals surface area contributed by atoms with Crippen molar-refractivity contribution in [1.29, 1.82) is 0 Å². The van der Waals surface area contributed by atoms with Crippen LogP contribution in [0, 0.1) is 0 Å². The molecule has 2 N–H and O–H groups in total. The maximum absolute atomic E-state index is 8.74. The largest absolute Gasteiger partial charge is 2.00 e. The molecule has 0 bridgehead atoms. The van der Waals surface area contributed by atoms with Crippen LogP contribution in [0.25, 0.3) is 0 Å². The molecule has 0 heterocycles. The average molecular weight is 161 g/mol. The maximum atomic E-state index is 8.74. The molecule has 0 aromatic heterocycles. The standard InChI is InChI=1S/K.Mg.H2O4S/c;;1-5(2,3)4/h;;(H2,1,2,3,4)/q+1;+2;. The first-order valence-corrected chi connectivity index (χ1v) is 2.10. The van der Waals surface area contributed by atoms with Crippen LogP contribution in [0.3, 0.4) is 0 Å². The Balaban J connectivity index is -0.0000000800. The Hall–Kier alpha value is 2.27. The van der Waals surface area contributed by atoms with E-state index >= 15 is 0 Å². The molecule has 0 spiro atoms. The van der Waals surface area contributed by atoms with Gasteiger partial charge < -0.3 is 0 Å². The Kier molecular flexibility index (Phi) is 14.7.